The topological polar surface area (TPSA) is 99.7 Å². The van der Waals surface area contributed by atoms with Crippen molar-refractivity contribution in [3.8, 4) is 6.07 Å². The number of hydrogen-bond acceptors (Lipinski definition) is 3. The second-order valence-corrected chi connectivity index (χ2v) is 4.01. The lowest BCUT2D eigenvalue weighted by molar-refractivity contribution is -0.106. The number of nitrogens with one attached hydrogen (secondary N) is 1. The number of nitriles is 1. The Morgan fingerprint density at radius 2 is 2.11 bits per heavy atom. The molecule has 0 aliphatic rings. The largest absolute Gasteiger partial charge is 0.372 e. The normalized spacial score (nSPS) is 9.26. The van der Waals surface area contributed by atoms with Crippen LogP contribution in [0.4, 0.5) is 0 Å². The highest BCUT2D eigenvalue weighted by atomic mass is 16.1. The average molecular weight is 257 g/mol. The molecule has 0 fully saturated rings. The van der Waals surface area contributed by atoms with Crippen molar-refractivity contribution in [2.45, 2.75) is 19.8 Å². The van der Waals surface area contributed by atoms with Crippen LogP contribution in [0.15, 0.2) is 29.1 Å². The maximum absolute atomic E-state index is 11.7. The average Bonchev–Trinajstić information content (AvgIpc) is 2.37. The number of aromatic amines is 1. The number of H-pyrrole nitrogens is 1. The minimum absolute atomic E-state index is 0.0895. The minimum Gasteiger partial charge on any atom is -0.372 e. The fourth-order valence-electron chi connectivity index (χ4n) is 1.74. The molecule has 1 aromatic carbocycles. The first-order valence-electron chi connectivity index (χ1n) is 5.77. The summed E-state index contributed by atoms with van der Waals surface area (Å²) in [4.78, 5) is 23.1. The van der Waals surface area contributed by atoms with Crippen molar-refractivity contribution in [3.05, 3.63) is 45.7 Å². The second-order valence-electron chi connectivity index (χ2n) is 4.01. The molecule has 0 saturated carbocycles. The maximum Gasteiger partial charge on any atom is 0.251 e. The summed E-state index contributed by atoms with van der Waals surface area (Å²) < 4.78 is 0. The van der Waals surface area contributed by atoms with Crippen molar-refractivity contribution in [3.63, 3.8) is 0 Å². The van der Waals surface area contributed by atoms with Gasteiger partial charge in [0.25, 0.3) is 5.56 Å². The number of hydrogen-bond donors (Lipinski definition) is 2. The molecule has 98 valence electrons. The summed E-state index contributed by atoms with van der Waals surface area (Å²) in [5.74, 6) is 0. The molecule has 0 aliphatic carbocycles. The fourth-order valence-corrected chi connectivity index (χ4v) is 1.74. The zero-order chi connectivity index (χ0) is 14.3. The molecule has 0 aliphatic heterocycles. The Balaban J connectivity index is 0.000000550. The highest BCUT2D eigenvalue weighted by molar-refractivity contribution is 5.79. The summed E-state index contributed by atoms with van der Waals surface area (Å²) in [5.41, 5.74) is 6.73. The van der Waals surface area contributed by atoms with Gasteiger partial charge in [0.05, 0.1) is 6.07 Å². The molecule has 19 heavy (non-hydrogen) atoms. The molecule has 1 aromatic heterocycles. The van der Waals surface area contributed by atoms with Gasteiger partial charge in [0, 0.05) is 17.5 Å². The van der Waals surface area contributed by atoms with E-state index < -0.39 is 0 Å². The number of fused-ring (bicyclic) bond motifs is 1. The first-order chi connectivity index (χ1) is 9.12. The van der Waals surface area contributed by atoms with Gasteiger partial charge in [-0.3, -0.25) is 9.59 Å². The predicted molar refractivity (Wildman–Crippen MR) is 73.5 cm³/mol. The molecule has 0 spiro atoms. The third-order valence-corrected chi connectivity index (χ3v) is 2.58. The van der Waals surface area contributed by atoms with Crippen LogP contribution >= 0.6 is 0 Å². The van der Waals surface area contributed by atoms with Crippen LogP contribution in [-0.2, 0) is 11.2 Å². The minimum atomic E-state index is -0.0895. The van der Waals surface area contributed by atoms with Gasteiger partial charge in [0.15, 0.2) is 0 Å². The fraction of sp³-hybridized carbons (Fsp3) is 0.214. The van der Waals surface area contributed by atoms with Crippen molar-refractivity contribution >= 4 is 17.3 Å². The van der Waals surface area contributed by atoms with Crippen LogP contribution in [0.1, 0.15) is 17.5 Å². The molecule has 0 atom stereocenters. The number of nitrogens with two attached hydrogens (primary N) is 1. The van der Waals surface area contributed by atoms with Gasteiger partial charge < -0.3 is 10.7 Å². The number of rotatable bonds is 2. The monoisotopic (exact) mass is 257 g/mol. The van der Waals surface area contributed by atoms with Crippen molar-refractivity contribution in [1.82, 2.24) is 4.98 Å². The van der Waals surface area contributed by atoms with Gasteiger partial charge in [-0.1, -0.05) is 12.1 Å². The van der Waals surface area contributed by atoms with Crippen LogP contribution < -0.4 is 11.3 Å². The number of aryl methyl sites for hydroxylation is 2. The molecule has 1 heterocycles. The Labute approximate surface area is 110 Å². The van der Waals surface area contributed by atoms with E-state index in [9.17, 15) is 4.79 Å². The lowest BCUT2D eigenvalue weighted by Crippen LogP contribution is -2.12. The van der Waals surface area contributed by atoms with E-state index in [-0.39, 0.29) is 12.0 Å². The lowest BCUT2D eigenvalue weighted by Gasteiger charge is -2.02. The Morgan fingerprint density at radius 3 is 2.74 bits per heavy atom. The van der Waals surface area contributed by atoms with Crippen molar-refractivity contribution in [2.75, 3.05) is 0 Å². The molecule has 2 aromatic rings. The number of carbonyl (C=O) groups is 1. The number of carbonyl (C=O) groups excluding carboxylic acids is 1. The number of benzene rings is 1. The quantitative estimate of drug-likeness (QED) is 0.795. The Kier molecular flexibility index (Phi) is 5.30. The molecule has 1 amide bonds. The smallest absolute Gasteiger partial charge is 0.251 e. The lowest BCUT2D eigenvalue weighted by atomic mass is 10.1. The molecular formula is C14H15N3O2. The van der Waals surface area contributed by atoms with Crippen LogP contribution in [0, 0.1) is 18.3 Å². The van der Waals surface area contributed by atoms with Gasteiger partial charge >= 0.3 is 0 Å². The number of nitrogens with zero attached hydrogens (tertiary/aromatic N) is 1. The summed E-state index contributed by atoms with van der Waals surface area (Å²) in [5, 5.41) is 9.52. The molecule has 0 radical (unpaired) electrons. The predicted octanol–water partition coefficient (Wildman–Crippen LogP) is 1.39. The summed E-state index contributed by atoms with van der Waals surface area (Å²) in [6.07, 6.45) is 1.14. The van der Waals surface area contributed by atoms with Crippen LogP contribution in [0.25, 0.3) is 10.9 Å². The molecule has 0 unspecified atom stereocenters. The van der Waals surface area contributed by atoms with E-state index in [1.807, 2.05) is 37.3 Å². The Morgan fingerprint density at radius 1 is 1.42 bits per heavy atom. The molecule has 0 bridgehead atoms. The Bertz CT molecular complexity index is 668. The number of amides is 1. The van der Waals surface area contributed by atoms with Crippen molar-refractivity contribution < 1.29 is 4.79 Å². The second kappa shape index (κ2) is 6.97. The van der Waals surface area contributed by atoms with E-state index in [1.165, 1.54) is 0 Å². The number of primary amides is 1. The first kappa shape index (κ1) is 14.5. The van der Waals surface area contributed by atoms with Gasteiger partial charge in [0.2, 0.25) is 6.41 Å². The van der Waals surface area contributed by atoms with Crippen LogP contribution in [0.2, 0.25) is 0 Å². The zero-order valence-electron chi connectivity index (χ0n) is 10.6. The van der Waals surface area contributed by atoms with Gasteiger partial charge in [-0.05, 0) is 36.4 Å². The van der Waals surface area contributed by atoms with E-state index >= 15 is 0 Å². The number of aromatic nitrogens is 1. The number of pyridine rings is 1. The zero-order valence-corrected chi connectivity index (χ0v) is 10.6. The molecule has 5 heteroatoms. The molecular weight excluding hydrogens is 242 g/mol. The summed E-state index contributed by atoms with van der Waals surface area (Å²) in [6, 6.07) is 9.85. The van der Waals surface area contributed by atoms with E-state index in [4.69, 9.17) is 10.1 Å². The molecule has 3 N–H and O–H groups in total. The molecule has 0 saturated heterocycles. The summed E-state index contributed by atoms with van der Waals surface area (Å²) in [7, 11) is 0. The third kappa shape index (κ3) is 3.96. The van der Waals surface area contributed by atoms with Gasteiger partial charge in [-0.25, -0.2) is 0 Å². The SMILES string of the molecule is Cc1ccc2cc(CCC#N)c(=O)[nH]c2c1.NC=O. The van der Waals surface area contributed by atoms with Crippen LogP contribution in [-0.4, -0.2) is 11.4 Å². The highest BCUT2D eigenvalue weighted by Gasteiger charge is 2.02. The summed E-state index contributed by atoms with van der Waals surface area (Å²) >= 11 is 0. The van der Waals surface area contributed by atoms with Gasteiger partial charge in [-0.2, -0.15) is 5.26 Å². The van der Waals surface area contributed by atoms with E-state index in [0.717, 1.165) is 16.5 Å². The standard InChI is InChI=1S/C13H12N2O.CH3NO/c1-9-4-5-10-8-11(3-2-6-14)13(16)15-12(10)7-9;2-1-3/h4-5,7-8H,2-3H2,1H3,(H,15,16);1H,(H2,2,3). The first-order valence-corrected chi connectivity index (χ1v) is 5.77. The molecule has 2 rings (SSSR count). The summed E-state index contributed by atoms with van der Waals surface area (Å²) in [6.45, 7) is 1.99. The van der Waals surface area contributed by atoms with Gasteiger partial charge in [0.1, 0.15) is 0 Å². The van der Waals surface area contributed by atoms with E-state index in [2.05, 4.69) is 10.7 Å². The Hall–Kier alpha value is -2.61. The maximum atomic E-state index is 11.7. The van der Waals surface area contributed by atoms with E-state index in [0.29, 0.717) is 18.4 Å². The van der Waals surface area contributed by atoms with Crippen molar-refractivity contribution in [2.24, 2.45) is 5.73 Å². The molecule has 5 nitrogen and oxygen atoms in total. The van der Waals surface area contributed by atoms with Crippen LogP contribution in [0.5, 0.6) is 0 Å². The van der Waals surface area contributed by atoms with Gasteiger partial charge in [-0.15, -0.1) is 0 Å². The highest BCUT2D eigenvalue weighted by Crippen LogP contribution is 2.13. The van der Waals surface area contributed by atoms with E-state index in [1.54, 1.807) is 0 Å². The van der Waals surface area contributed by atoms with Crippen LogP contribution in [0.3, 0.4) is 0 Å². The third-order valence-electron chi connectivity index (χ3n) is 2.58. The van der Waals surface area contributed by atoms with Crippen molar-refractivity contribution in [1.29, 1.82) is 5.26 Å².